The van der Waals surface area contributed by atoms with Crippen molar-refractivity contribution in [3.8, 4) is 0 Å². The summed E-state index contributed by atoms with van der Waals surface area (Å²) in [4.78, 5) is 13.4. The molecule has 5 heteroatoms. The number of nitro groups is 1. The zero-order valence-electron chi connectivity index (χ0n) is 14.9. The lowest BCUT2D eigenvalue weighted by Gasteiger charge is -2.28. The molecule has 1 aliphatic rings. The van der Waals surface area contributed by atoms with E-state index in [1.54, 1.807) is 6.07 Å². The number of nitrogens with zero attached hydrogens (tertiary/aromatic N) is 2. The molecule has 2 aromatic rings. The Morgan fingerprint density at radius 2 is 1.72 bits per heavy atom. The van der Waals surface area contributed by atoms with Gasteiger partial charge >= 0.3 is 0 Å². The molecule has 1 fully saturated rings. The minimum atomic E-state index is -0.260. The van der Waals surface area contributed by atoms with Crippen molar-refractivity contribution in [2.24, 2.45) is 0 Å². The predicted octanol–water partition coefficient (Wildman–Crippen LogP) is 4.81. The molecule has 0 amide bonds. The van der Waals surface area contributed by atoms with Crippen LogP contribution >= 0.6 is 0 Å². The average molecular weight is 339 g/mol. The van der Waals surface area contributed by atoms with Crippen LogP contribution in [0.3, 0.4) is 0 Å². The SMILES string of the molecule is Cc1cc(C)cc(NCc2ccc(N3CCCCC3)c([N+](=O)[O-])c2)c1. The van der Waals surface area contributed by atoms with Crippen molar-refractivity contribution in [2.75, 3.05) is 23.3 Å². The Morgan fingerprint density at radius 3 is 2.36 bits per heavy atom. The maximum atomic E-state index is 11.5. The maximum absolute atomic E-state index is 11.5. The topological polar surface area (TPSA) is 58.4 Å². The molecule has 1 saturated heterocycles. The van der Waals surface area contributed by atoms with E-state index in [1.165, 1.54) is 17.5 Å². The summed E-state index contributed by atoms with van der Waals surface area (Å²) in [5, 5.41) is 14.9. The Morgan fingerprint density at radius 1 is 1.04 bits per heavy atom. The number of piperidine rings is 1. The fourth-order valence-corrected chi connectivity index (χ4v) is 3.51. The summed E-state index contributed by atoms with van der Waals surface area (Å²) in [6.07, 6.45) is 3.42. The van der Waals surface area contributed by atoms with Gasteiger partial charge in [0.05, 0.1) is 4.92 Å². The standard InChI is InChI=1S/C20H25N3O2/c1-15-10-16(2)12-18(11-15)21-14-17-6-7-19(20(13-17)23(24)25)22-8-4-3-5-9-22/h6-7,10-13,21H,3-5,8-9,14H2,1-2H3. The van der Waals surface area contributed by atoms with E-state index >= 15 is 0 Å². The molecule has 1 N–H and O–H groups in total. The third-order valence-corrected chi connectivity index (χ3v) is 4.65. The van der Waals surface area contributed by atoms with Crippen molar-refractivity contribution >= 4 is 17.1 Å². The van der Waals surface area contributed by atoms with E-state index in [-0.39, 0.29) is 10.6 Å². The molecule has 1 heterocycles. The van der Waals surface area contributed by atoms with Gasteiger partial charge in [0, 0.05) is 31.4 Å². The lowest BCUT2D eigenvalue weighted by Crippen LogP contribution is -2.30. The highest BCUT2D eigenvalue weighted by molar-refractivity contribution is 5.65. The Hall–Kier alpha value is -2.56. The summed E-state index contributed by atoms with van der Waals surface area (Å²) in [7, 11) is 0. The molecule has 25 heavy (non-hydrogen) atoms. The van der Waals surface area contributed by atoms with E-state index in [0.29, 0.717) is 6.54 Å². The second-order valence-electron chi connectivity index (χ2n) is 6.86. The van der Waals surface area contributed by atoms with Crippen LogP contribution in [0.15, 0.2) is 36.4 Å². The fourth-order valence-electron chi connectivity index (χ4n) is 3.51. The molecular weight excluding hydrogens is 314 g/mol. The third kappa shape index (κ3) is 4.29. The monoisotopic (exact) mass is 339 g/mol. The van der Waals surface area contributed by atoms with Crippen LogP contribution in [0.2, 0.25) is 0 Å². The van der Waals surface area contributed by atoms with E-state index in [1.807, 2.05) is 12.1 Å². The Labute approximate surface area is 148 Å². The van der Waals surface area contributed by atoms with Crippen LogP contribution in [0.4, 0.5) is 17.1 Å². The first-order valence-electron chi connectivity index (χ1n) is 8.87. The van der Waals surface area contributed by atoms with E-state index in [0.717, 1.165) is 42.9 Å². The highest BCUT2D eigenvalue weighted by atomic mass is 16.6. The minimum absolute atomic E-state index is 0.210. The Bertz CT molecular complexity index is 747. The quantitative estimate of drug-likeness (QED) is 0.627. The highest BCUT2D eigenvalue weighted by Gasteiger charge is 2.21. The van der Waals surface area contributed by atoms with Gasteiger partial charge < -0.3 is 10.2 Å². The number of rotatable bonds is 5. The number of aryl methyl sites for hydroxylation is 2. The van der Waals surface area contributed by atoms with E-state index in [2.05, 4.69) is 42.3 Å². The van der Waals surface area contributed by atoms with Crippen LogP contribution in [0.25, 0.3) is 0 Å². The van der Waals surface area contributed by atoms with Crippen LogP contribution in [0.1, 0.15) is 36.0 Å². The average Bonchev–Trinajstić information content (AvgIpc) is 2.59. The van der Waals surface area contributed by atoms with Gasteiger partial charge in [-0.3, -0.25) is 10.1 Å². The van der Waals surface area contributed by atoms with Crippen molar-refractivity contribution in [1.29, 1.82) is 0 Å². The molecule has 5 nitrogen and oxygen atoms in total. The number of hydrogen-bond donors (Lipinski definition) is 1. The maximum Gasteiger partial charge on any atom is 0.292 e. The first-order valence-corrected chi connectivity index (χ1v) is 8.87. The molecule has 3 rings (SSSR count). The fraction of sp³-hybridized carbons (Fsp3) is 0.400. The van der Waals surface area contributed by atoms with Crippen LogP contribution in [0, 0.1) is 24.0 Å². The summed E-state index contributed by atoms with van der Waals surface area (Å²) in [6.45, 7) is 6.51. The summed E-state index contributed by atoms with van der Waals surface area (Å²) in [6, 6.07) is 11.9. The second kappa shape index (κ2) is 7.55. The largest absolute Gasteiger partial charge is 0.381 e. The molecule has 0 radical (unpaired) electrons. The first kappa shape index (κ1) is 17.3. The smallest absolute Gasteiger partial charge is 0.292 e. The molecule has 0 bridgehead atoms. The van der Waals surface area contributed by atoms with Crippen molar-refractivity contribution < 1.29 is 4.92 Å². The molecule has 2 aromatic carbocycles. The molecule has 0 aromatic heterocycles. The number of nitrogens with one attached hydrogen (secondary N) is 1. The minimum Gasteiger partial charge on any atom is -0.381 e. The molecule has 0 aliphatic carbocycles. The molecule has 0 saturated carbocycles. The van der Waals surface area contributed by atoms with Gasteiger partial charge in [0.15, 0.2) is 0 Å². The van der Waals surface area contributed by atoms with Crippen LogP contribution in [-0.2, 0) is 6.54 Å². The van der Waals surface area contributed by atoms with Crippen molar-refractivity contribution in [3.63, 3.8) is 0 Å². The molecule has 0 atom stereocenters. The van der Waals surface area contributed by atoms with Crippen molar-refractivity contribution in [1.82, 2.24) is 0 Å². The molecular formula is C20H25N3O2. The van der Waals surface area contributed by atoms with Gasteiger partial charge in [-0.1, -0.05) is 12.1 Å². The Balaban J connectivity index is 1.78. The van der Waals surface area contributed by atoms with E-state index in [9.17, 15) is 10.1 Å². The predicted molar refractivity (Wildman–Crippen MR) is 102 cm³/mol. The first-order chi connectivity index (χ1) is 12.0. The highest BCUT2D eigenvalue weighted by Crippen LogP contribution is 2.31. The van der Waals surface area contributed by atoms with Crippen LogP contribution < -0.4 is 10.2 Å². The Kier molecular flexibility index (Phi) is 5.22. The normalized spacial score (nSPS) is 14.4. The molecule has 132 valence electrons. The van der Waals surface area contributed by atoms with E-state index in [4.69, 9.17) is 0 Å². The summed E-state index contributed by atoms with van der Waals surface area (Å²) >= 11 is 0. The van der Waals surface area contributed by atoms with Gasteiger partial charge in [0.2, 0.25) is 0 Å². The van der Waals surface area contributed by atoms with Crippen molar-refractivity contribution in [2.45, 2.75) is 39.7 Å². The van der Waals surface area contributed by atoms with E-state index < -0.39 is 0 Å². The molecule has 1 aliphatic heterocycles. The molecule has 0 unspecified atom stereocenters. The van der Waals surface area contributed by atoms with Gasteiger partial charge in [-0.05, 0) is 68.0 Å². The third-order valence-electron chi connectivity index (χ3n) is 4.65. The zero-order valence-corrected chi connectivity index (χ0v) is 14.9. The summed E-state index contributed by atoms with van der Waals surface area (Å²) in [5.41, 5.74) is 5.33. The zero-order chi connectivity index (χ0) is 17.8. The summed E-state index contributed by atoms with van der Waals surface area (Å²) in [5.74, 6) is 0. The number of anilines is 2. The van der Waals surface area contributed by atoms with Gasteiger partial charge in [-0.2, -0.15) is 0 Å². The van der Waals surface area contributed by atoms with Gasteiger partial charge in [-0.15, -0.1) is 0 Å². The van der Waals surface area contributed by atoms with Gasteiger partial charge in [0.1, 0.15) is 5.69 Å². The second-order valence-corrected chi connectivity index (χ2v) is 6.86. The van der Waals surface area contributed by atoms with Gasteiger partial charge in [0.25, 0.3) is 5.69 Å². The lowest BCUT2D eigenvalue weighted by molar-refractivity contribution is -0.384. The lowest BCUT2D eigenvalue weighted by atomic mass is 10.1. The number of hydrogen-bond acceptors (Lipinski definition) is 4. The molecule has 0 spiro atoms. The van der Waals surface area contributed by atoms with Crippen molar-refractivity contribution in [3.05, 3.63) is 63.2 Å². The number of benzene rings is 2. The van der Waals surface area contributed by atoms with Crippen LogP contribution in [0.5, 0.6) is 0 Å². The summed E-state index contributed by atoms with van der Waals surface area (Å²) < 4.78 is 0. The van der Waals surface area contributed by atoms with Gasteiger partial charge in [-0.25, -0.2) is 0 Å². The number of nitro benzene ring substituents is 1. The van der Waals surface area contributed by atoms with Crippen LogP contribution in [-0.4, -0.2) is 18.0 Å².